The van der Waals surface area contributed by atoms with Gasteiger partial charge in [-0.2, -0.15) is 0 Å². The third-order valence-electron chi connectivity index (χ3n) is 10.2. The molecule has 0 aromatic carbocycles. The molecule has 6 fully saturated rings. The van der Waals surface area contributed by atoms with Crippen molar-refractivity contribution in [2.75, 3.05) is 33.6 Å². The van der Waals surface area contributed by atoms with Crippen molar-refractivity contribution >= 4 is 70.5 Å². The van der Waals surface area contributed by atoms with Crippen LogP contribution in [0.2, 0.25) is 0 Å². The Morgan fingerprint density at radius 1 is 0.658 bits per heavy atom. The molecule has 4 atom stereocenters. The molecule has 5 nitrogen and oxygen atoms in total. The summed E-state index contributed by atoms with van der Waals surface area (Å²) in [6.45, 7) is 0. The summed E-state index contributed by atoms with van der Waals surface area (Å²) in [5, 5.41) is 6.24. The molecule has 1 aromatic rings. The van der Waals surface area contributed by atoms with E-state index in [-0.39, 0.29) is 23.7 Å². The van der Waals surface area contributed by atoms with Gasteiger partial charge in [-0.3, -0.25) is 9.59 Å². The second-order valence-electron chi connectivity index (χ2n) is 12.2. The molecule has 206 valence electrons. The maximum absolute atomic E-state index is 13.4. The van der Waals surface area contributed by atoms with Gasteiger partial charge in [-0.1, -0.05) is 18.9 Å². The largest absolute Gasteiger partial charge is 0.310 e. The summed E-state index contributed by atoms with van der Waals surface area (Å²) in [5.41, 5.74) is 0. The van der Waals surface area contributed by atoms with Crippen LogP contribution in [0.4, 0.5) is 11.6 Å². The summed E-state index contributed by atoms with van der Waals surface area (Å²) in [5.74, 6) is 9.11. The van der Waals surface area contributed by atoms with Crippen molar-refractivity contribution in [1.29, 1.82) is 0 Å². The zero-order chi connectivity index (χ0) is 25.7. The van der Waals surface area contributed by atoms with E-state index in [1.54, 1.807) is 0 Å². The van der Waals surface area contributed by atoms with Crippen LogP contribution >= 0.6 is 47.0 Å². The molecule has 4 unspecified atom stereocenters. The molecular weight excluding hydrogens is 551 g/mol. The minimum atomic E-state index is 0.0677. The fourth-order valence-electron chi connectivity index (χ4n) is 8.68. The first-order chi connectivity index (χ1) is 18.6. The van der Waals surface area contributed by atoms with Gasteiger partial charge >= 0.3 is 0 Å². The third-order valence-corrected chi connectivity index (χ3v) is 18.3. The number of anilines is 2. The molecular formula is C29H39N3O2S4. The number of hydrogen-bond donors (Lipinski definition) is 2. The number of rotatable bonds is 4. The van der Waals surface area contributed by atoms with Crippen LogP contribution in [0.1, 0.15) is 64.2 Å². The normalized spacial score (nSPS) is 36.7. The third kappa shape index (κ3) is 4.63. The average molecular weight is 590 g/mol. The summed E-state index contributed by atoms with van der Waals surface area (Å²) in [6.07, 6.45) is 11.7. The second kappa shape index (κ2) is 10.7. The van der Waals surface area contributed by atoms with Crippen LogP contribution in [0.25, 0.3) is 0 Å². The van der Waals surface area contributed by atoms with E-state index in [2.05, 4.69) is 62.7 Å². The van der Waals surface area contributed by atoms with E-state index < -0.39 is 0 Å². The Morgan fingerprint density at radius 3 is 1.39 bits per heavy atom. The van der Waals surface area contributed by atoms with Gasteiger partial charge in [0.2, 0.25) is 11.8 Å². The summed E-state index contributed by atoms with van der Waals surface area (Å²) in [7, 11) is 0. The summed E-state index contributed by atoms with van der Waals surface area (Å²) >= 11 is 8.73. The topological polar surface area (TPSA) is 71.1 Å². The highest BCUT2D eigenvalue weighted by molar-refractivity contribution is 8.21. The lowest BCUT2D eigenvalue weighted by molar-refractivity contribution is -0.123. The lowest BCUT2D eigenvalue weighted by Crippen LogP contribution is -2.48. The highest BCUT2D eigenvalue weighted by Crippen LogP contribution is 2.65. The highest BCUT2D eigenvalue weighted by atomic mass is 32.2. The number of amides is 2. The van der Waals surface area contributed by atoms with Crippen LogP contribution in [0.5, 0.6) is 0 Å². The molecule has 4 aliphatic carbocycles. The van der Waals surface area contributed by atoms with Gasteiger partial charge in [0.25, 0.3) is 0 Å². The number of thioether (sulfide) groups is 4. The van der Waals surface area contributed by atoms with Gasteiger partial charge in [0.1, 0.15) is 11.6 Å². The zero-order valence-electron chi connectivity index (χ0n) is 22.0. The molecule has 2 saturated heterocycles. The van der Waals surface area contributed by atoms with Crippen LogP contribution in [0.15, 0.2) is 18.2 Å². The van der Waals surface area contributed by atoms with E-state index >= 15 is 0 Å². The Balaban J connectivity index is 0.980. The molecule has 1 aromatic heterocycles. The van der Waals surface area contributed by atoms with E-state index in [1.165, 1.54) is 61.5 Å². The second-order valence-corrected chi connectivity index (χ2v) is 18.2. The number of nitrogens with one attached hydrogen (secondary N) is 2. The van der Waals surface area contributed by atoms with Gasteiger partial charge < -0.3 is 10.6 Å². The van der Waals surface area contributed by atoms with E-state index in [9.17, 15) is 9.59 Å². The van der Waals surface area contributed by atoms with Crippen molar-refractivity contribution in [3.05, 3.63) is 18.2 Å². The van der Waals surface area contributed by atoms with E-state index in [0.29, 0.717) is 43.5 Å². The van der Waals surface area contributed by atoms with E-state index in [0.717, 1.165) is 25.7 Å². The Labute approximate surface area is 243 Å². The number of aromatic nitrogens is 1. The quantitative estimate of drug-likeness (QED) is 0.393. The van der Waals surface area contributed by atoms with Crippen LogP contribution in [0.3, 0.4) is 0 Å². The van der Waals surface area contributed by atoms with Gasteiger partial charge in [-0.25, -0.2) is 4.98 Å². The predicted octanol–water partition coefficient (Wildman–Crippen LogP) is 6.96. The van der Waals surface area contributed by atoms with Crippen molar-refractivity contribution in [3.63, 3.8) is 0 Å². The van der Waals surface area contributed by atoms with Gasteiger partial charge in [0.15, 0.2) is 0 Å². The molecule has 2 spiro atoms. The fraction of sp³-hybridized carbons (Fsp3) is 0.759. The summed E-state index contributed by atoms with van der Waals surface area (Å²) in [4.78, 5) is 31.4. The maximum Gasteiger partial charge on any atom is 0.228 e. The van der Waals surface area contributed by atoms with E-state index in [4.69, 9.17) is 0 Å². The average Bonchev–Trinajstić information content (AvgIpc) is 3.55. The SMILES string of the molecule is O=C(Nc1cccc(NC(=O)C2CC3CCCC(C2)C32SCCS2)n1)C1CC2CCCC(C1)C21SCCS1. The molecule has 6 aliphatic rings. The first-order valence-electron chi connectivity index (χ1n) is 14.7. The molecule has 9 heteroatoms. The molecule has 7 rings (SSSR count). The minimum Gasteiger partial charge on any atom is -0.310 e. The Bertz CT molecular complexity index is 962. The van der Waals surface area contributed by atoms with Crippen LogP contribution < -0.4 is 10.6 Å². The number of carbonyl (C=O) groups excluding carboxylic acids is 2. The summed E-state index contributed by atoms with van der Waals surface area (Å²) < 4.78 is 0.758. The number of nitrogens with zero attached hydrogens (tertiary/aromatic N) is 1. The molecule has 38 heavy (non-hydrogen) atoms. The lowest BCUT2D eigenvalue weighted by atomic mass is 9.67. The Hall–Kier alpha value is -0.510. The first kappa shape index (κ1) is 26.4. The number of pyridine rings is 1. The maximum atomic E-state index is 13.4. The molecule has 0 radical (unpaired) electrons. The first-order valence-corrected chi connectivity index (χ1v) is 18.6. The van der Waals surface area contributed by atoms with Gasteiger partial charge in [0.05, 0.1) is 8.16 Å². The van der Waals surface area contributed by atoms with Crippen LogP contribution in [0, 0.1) is 35.5 Å². The zero-order valence-corrected chi connectivity index (χ0v) is 25.3. The smallest absolute Gasteiger partial charge is 0.228 e. The molecule has 2 aliphatic heterocycles. The van der Waals surface area contributed by atoms with Crippen molar-refractivity contribution in [2.45, 2.75) is 72.4 Å². The molecule has 2 N–H and O–H groups in total. The molecule has 4 bridgehead atoms. The molecule has 2 amide bonds. The van der Waals surface area contributed by atoms with E-state index in [1.807, 2.05) is 18.2 Å². The Morgan fingerprint density at radius 2 is 1.03 bits per heavy atom. The standard InChI is InChI=1S/C29H39N3O2S4/c33-26(18-14-20-4-1-5-21(15-18)28(20)35-10-11-36-28)31-24-8-3-9-25(30-24)32-27(34)19-16-22-6-2-7-23(17-19)29(22)37-12-13-38-29/h3,8-9,18-23H,1-2,4-7,10-17H2,(H2,30,31,32,33,34). The van der Waals surface area contributed by atoms with Gasteiger partial charge in [-0.05, 0) is 87.2 Å². The lowest BCUT2D eigenvalue weighted by Gasteiger charge is -2.52. The van der Waals surface area contributed by atoms with Crippen LogP contribution in [-0.2, 0) is 9.59 Å². The van der Waals surface area contributed by atoms with Crippen molar-refractivity contribution in [2.24, 2.45) is 35.5 Å². The predicted molar refractivity (Wildman–Crippen MR) is 164 cm³/mol. The number of carbonyl (C=O) groups is 2. The van der Waals surface area contributed by atoms with Crippen LogP contribution in [-0.4, -0.2) is 48.0 Å². The molecule has 3 heterocycles. The fourth-order valence-corrected chi connectivity index (χ4v) is 16.6. The minimum absolute atomic E-state index is 0.0677. The monoisotopic (exact) mass is 589 g/mol. The summed E-state index contributed by atoms with van der Waals surface area (Å²) in [6, 6.07) is 5.60. The number of hydrogen-bond acceptors (Lipinski definition) is 7. The van der Waals surface area contributed by atoms with Gasteiger partial charge in [-0.15, -0.1) is 47.0 Å². The highest BCUT2D eigenvalue weighted by Gasteiger charge is 2.56. The van der Waals surface area contributed by atoms with Crippen molar-refractivity contribution in [1.82, 2.24) is 4.98 Å². The Kier molecular flexibility index (Phi) is 7.44. The van der Waals surface area contributed by atoms with Crippen molar-refractivity contribution in [3.8, 4) is 0 Å². The molecule has 4 saturated carbocycles. The van der Waals surface area contributed by atoms with Crippen molar-refractivity contribution < 1.29 is 9.59 Å². The van der Waals surface area contributed by atoms with Gasteiger partial charge in [0, 0.05) is 34.8 Å².